The van der Waals surface area contributed by atoms with Gasteiger partial charge in [-0.05, 0) is 0 Å². The molecule has 0 aromatic heterocycles. The molecule has 0 spiro atoms. The number of carbonyl (C=O) groups excluding carboxylic acids is 1. The second kappa shape index (κ2) is 8.92. The molecule has 0 amide bonds. The summed E-state index contributed by atoms with van der Waals surface area (Å²) in [5.74, 6) is 0. The van der Waals surface area contributed by atoms with E-state index in [4.69, 9.17) is 0 Å². The standard InChI is InChI=1S/C5H10O5.K/c1-8-3-4(9-2)10-5(6)7;/h4H,3H2,1-2H3,(H,6,7);/q;+1/p-1. The van der Waals surface area contributed by atoms with Gasteiger partial charge in [-0.2, -0.15) is 0 Å². The molecule has 1 unspecified atom stereocenters. The van der Waals surface area contributed by atoms with Crippen LogP contribution in [0, 0.1) is 0 Å². The number of methoxy groups -OCH3 is 2. The molecule has 0 aliphatic heterocycles. The summed E-state index contributed by atoms with van der Waals surface area (Å²) in [4.78, 5) is 9.77. The van der Waals surface area contributed by atoms with Crippen LogP contribution in [0.4, 0.5) is 4.79 Å². The van der Waals surface area contributed by atoms with Gasteiger partial charge in [-0.25, -0.2) is 0 Å². The van der Waals surface area contributed by atoms with Gasteiger partial charge in [-0.1, -0.05) is 0 Å². The van der Waals surface area contributed by atoms with Gasteiger partial charge in [0, 0.05) is 14.2 Å². The molecule has 11 heavy (non-hydrogen) atoms. The first-order chi connectivity index (χ1) is 4.70. The number of carbonyl (C=O) groups is 1. The van der Waals surface area contributed by atoms with Crippen molar-refractivity contribution in [1.82, 2.24) is 0 Å². The van der Waals surface area contributed by atoms with Gasteiger partial charge in [0.25, 0.3) is 6.16 Å². The molecule has 6 heteroatoms. The third-order valence-corrected chi connectivity index (χ3v) is 0.793. The molecule has 5 nitrogen and oxygen atoms in total. The van der Waals surface area contributed by atoms with Crippen LogP contribution in [-0.2, 0) is 14.2 Å². The molecule has 1 atom stereocenters. The van der Waals surface area contributed by atoms with Crippen LogP contribution in [0.2, 0.25) is 0 Å². The quantitative estimate of drug-likeness (QED) is 0.255. The molecule has 0 heterocycles. The number of hydrogen-bond donors (Lipinski definition) is 0. The van der Waals surface area contributed by atoms with Gasteiger partial charge in [-0.15, -0.1) is 0 Å². The van der Waals surface area contributed by atoms with Crippen molar-refractivity contribution >= 4 is 6.16 Å². The molecule has 0 saturated carbocycles. The summed E-state index contributed by atoms with van der Waals surface area (Å²) in [6.45, 7) is 0.0600. The van der Waals surface area contributed by atoms with E-state index in [1.54, 1.807) is 0 Å². The summed E-state index contributed by atoms with van der Waals surface area (Å²) in [6.07, 6.45) is -2.51. The molecular weight excluding hydrogens is 179 g/mol. The van der Waals surface area contributed by atoms with E-state index < -0.39 is 12.4 Å². The van der Waals surface area contributed by atoms with Crippen LogP contribution < -0.4 is 56.5 Å². The Morgan fingerprint density at radius 2 is 2.09 bits per heavy atom. The number of carboxylic acid groups (broad SMARTS) is 1. The van der Waals surface area contributed by atoms with Crippen molar-refractivity contribution in [3.8, 4) is 0 Å². The first-order valence-electron chi connectivity index (χ1n) is 2.60. The molecule has 0 aliphatic rings. The van der Waals surface area contributed by atoms with Gasteiger partial charge >= 0.3 is 51.4 Å². The Balaban J connectivity index is 0. The average molecular weight is 188 g/mol. The largest absolute Gasteiger partial charge is 1.00 e. The summed E-state index contributed by atoms with van der Waals surface area (Å²) in [7, 11) is 2.72. The van der Waals surface area contributed by atoms with E-state index in [1.165, 1.54) is 14.2 Å². The molecular formula is C5H9KO5. The zero-order chi connectivity index (χ0) is 7.98. The Morgan fingerprint density at radius 3 is 2.36 bits per heavy atom. The third kappa shape index (κ3) is 8.73. The SMILES string of the molecule is COCC(OC)OC(=O)[O-].[K+]. The van der Waals surface area contributed by atoms with Crippen LogP contribution in [0.15, 0.2) is 0 Å². The molecule has 0 N–H and O–H groups in total. The number of hydrogen-bond acceptors (Lipinski definition) is 5. The van der Waals surface area contributed by atoms with Crippen LogP contribution in [0.3, 0.4) is 0 Å². The van der Waals surface area contributed by atoms with Crippen molar-refractivity contribution in [1.29, 1.82) is 0 Å². The maximum Gasteiger partial charge on any atom is 1.00 e. The summed E-state index contributed by atoms with van der Waals surface area (Å²) in [6, 6.07) is 0. The van der Waals surface area contributed by atoms with Gasteiger partial charge < -0.3 is 24.1 Å². The molecule has 0 saturated heterocycles. The molecule has 0 aromatic carbocycles. The Kier molecular flexibility index (Phi) is 11.6. The van der Waals surface area contributed by atoms with Gasteiger partial charge in [0.05, 0.1) is 6.61 Å². The van der Waals surface area contributed by atoms with E-state index in [1.807, 2.05) is 0 Å². The zero-order valence-corrected chi connectivity index (χ0v) is 9.95. The summed E-state index contributed by atoms with van der Waals surface area (Å²) < 4.78 is 13.2. The van der Waals surface area contributed by atoms with Crippen LogP contribution >= 0.6 is 0 Å². The van der Waals surface area contributed by atoms with Gasteiger partial charge in [0.2, 0.25) is 0 Å². The van der Waals surface area contributed by atoms with Gasteiger partial charge in [0.1, 0.15) is 0 Å². The monoisotopic (exact) mass is 188 g/mol. The Morgan fingerprint density at radius 1 is 1.55 bits per heavy atom. The van der Waals surface area contributed by atoms with Crippen LogP contribution in [0.1, 0.15) is 0 Å². The van der Waals surface area contributed by atoms with E-state index in [0.717, 1.165) is 0 Å². The first-order valence-corrected chi connectivity index (χ1v) is 2.60. The summed E-state index contributed by atoms with van der Waals surface area (Å²) in [5.41, 5.74) is 0. The predicted octanol–water partition coefficient (Wildman–Crippen LogP) is -4.03. The van der Waals surface area contributed by atoms with E-state index in [0.29, 0.717) is 0 Å². The van der Waals surface area contributed by atoms with Crippen LogP contribution in [0.25, 0.3) is 0 Å². The fourth-order valence-electron chi connectivity index (χ4n) is 0.394. The van der Waals surface area contributed by atoms with Crippen molar-refractivity contribution < 1.29 is 75.5 Å². The first kappa shape index (κ1) is 14.4. The average Bonchev–Trinajstić information content (AvgIpc) is 1.86. The van der Waals surface area contributed by atoms with E-state index in [-0.39, 0.29) is 58.0 Å². The maximum atomic E-state index is 9.77. The number of rotatable bonds is 4. The summed E-state index contributed by atoms with van der Waals surface area (Å²) >= 11 is 0. The van der Waals surface area contributed by atoms with Crippen molar-refractivity contribution in [2.75, 3.05) is 20.8 Å². The second-order valence-corrected chi connectivity index (χ2v) is 1.49. The fourth-order valence-corrected chi connectivity index (χ4v) is 0.394. The van der Waals surface area contributed by atoms with Crippen molar-refractivity contribution in [3.05, 3.63) is 0 Å². The Bertz CT molecular complexity index is 107. The van der Waals surface area contributed by atoms with Crippen molar-refractivity contribution in [3.63, 3.8) is 0 Å². The molecule has 0 radical (unpaired) electrons. The Hall–Kier alpha value is 0.826. The van der Waals surface area contributed by atoms with Gasteiger partial charge in [0.15, 0.2) is 6.29 Å². The van der Waals surface area contributed by atoms with Crippen LogP contribution in [-0.4, -0.2) is 33.3 Å². The Labute approximate surface area is 107 Å². The van der Waals surface area contributed by atoms with Crippen LogP contribution in [0.5, 0.6) is 0 Å². The minimum atomic E-state index is -1.62. The van der Waals surface area contributed by atoms with E-state index in [9.17, 15) is 9.90 Å². The van der Waals surface area contributed by atoms with Crippen molar-refractivity contribution in [2.45, 2.75) is 6.29 Å². The second-order valence-electron chi connectivity index (χ2n) is 1.49. The molecule has 0 fully saturated rings. The molecule has 60 valence electrons. The molecule has 0 rings (SSSR count). The number of ether oxygens (including phenoxy) is 3. The zero-order valence-electron chi connectivity index (χ0n) is 6.83. The molecule has 0 aliphatic carbocycles. The van der Waals surface area contributed by atoms with E-state index >= 15 is 0 Å². The summed E-state index contributed by atoms with van der Waals surface area (Å²) in [5, 5.41) is 9.77. The normalized spacial score (nSPS) is 11.5. The third-order valence-electron chi connectivity index (χ3n) is 0.793. The minimum absolute atomic E-state index is 0. The van der Waals surface area contributed by atoms with Crippen molar-refractivity contribution in [2.24, 2.45) is 0 Å². The molecule has 0 aromatic rings. The molecule has 0 bridgehead atoms. The maximum absolute atomic E-state index is 9.77. The minimum Gasteiger partial charge on any atom is -0.519 e. The van der Waals surface area contributed by atoms with E-state index in [2.05, 4.69) is 14.2 Å². The topological polar surface area (TPSA) is 67.8 Å². The van der Waals surface area contributed by atoms with Gasteiger partial charge in [-0.3, -0.25) is 0 Å². The predicted molar refractivity (Wildman–Crippen MR) is 29.2 cm³/mol. The fraction of sp³-hybridized carbons (Fsp3) is 0.800. The smallest absolute Gasteiger partial charge is 0.519 e.